The molecule has 1 fully saturated rings. The van der Waals surface area contributed by atoms with Crippen LogP contribution in [0.1, 0.15) is 49.6 Å². The van der Waals surface area contributed by atoms with E-state index in [-0.39, 0.29) is 17.3 Å². The number of aliphatic hydroxyl groups is 1. The summed E-state index contributed by atoms with van der Waals surface area (Å²) >= 11 is 0. The SMILES string of the molecule is CCOc1ccc(/C(O)=C2/C(=O)C(=O)N(CCN(C)C)C2c2ccco2)cc1C(C)C. The van der Waals surface area contributed by atoms with Gasteiger partial charge < -0.3 is 24.1 Å². The minimum Gasteiger partial charge on any atom is -0.507 e. The summed E-state index contributed by atoms with van der Waals surface area (Å²) in [7, 11) is 3.79. The van der Waals surface area contributed by atoms with Gasteiger partial charge in [-0.2, -0.15) is 0 Å². The van der Waals surface area contributed by atoms with Crippen molar-refractivity contribution < 1.29 is 23.8 Å². The van der Waals surface area contributed by atoms with Crippen LogP contribution in [-0.4, -0.2) is 60.4 Å². The zero-order valence-electron chi connectivity index (χ0n) is 18.7. The van der Waals surface area contributed by atoms with Crippen LogP contribution in [0.2, 0.25) is 0 Å². The van der Waals surface area contributed by atoms with Gasteiger partial charge in [-0.1, -0.05) is 13.8 Å². The lowest BCUT2D eigenvalue weighted by molar-refractivity contribution is -0.140. The Morgan fingerprint density at radius 1 is 1.26 bits per heavy atom. The molecule has 0 saturated carbocycles. The lowest BCUT2D eigenvalue weighted by Gasteiger charge is -2.24. The van der Waals surface area contributed by atoms with Crippen LogP contribution < -0.4 is 4.74 Å². The highest BCUT2D eigenvalue weighted by Gasteiger charge is 2.47. The average Bonchev–Trinajstić information content (AvgIpc) is 3.34. The second-order valence-electron chi connectivity index (χ2n) is 8.15. The van der Waals surface area contributed by atoms with Crippen molar-refractivity contribution in [2.75, 3.05) is 33.8 Å². The molecular formula is C24H30N2O5. The summed E-state index contributed by atoms with van der Waals surface area (Å²) in [5, 5.41) is 11.2. The van der Waals surface area contributed by atoms with E-state index in [9.17, 15) is 14.7 Å². The third-order valence-corrected chi connectivity index (χ3v) is 5.35. The second-order valence-corrected chi connectivity index (χ2v) is 8.15. The normalized spacial score (nSPS) is 18.4. The van der Waals surface area contributed by atoms with Crippen LogP contribution in [0.15, 0.2) is 46.6 Å². The van der Waals surface area contributed by atoms with E-state index in [0.717, 1.165) is 11.3 Å². The molecule has 2 heterocycles. The highest BCUT2D eigenvalue weighted by atomic mass is 16.5. The Labute approximate surface area is 182 Å². The number of likely N-dealkylation sites (N-methyl/N-ethyl adjacent to an activating group) is 1. The number of carbonyl (C=O) groups is 2. The molecule has 1 amide bonds. The number of furan rings is 1. The molecule has 166 valence electrons. The molecule has 0 bridgehead atoms. The van der Waals surface area contributed by atoms with Crippen molar-refractivity contribution in [3.05, 3.63) is 59.1 Å². The van der Waals surface area contributed by atoms with Gasteiger partial charge in [0.25, 0.3) is 11.7 Å². The van der Waals surface area contributed by atoms with E-state index < -0.39 is 17.7 Å². The number of nitrogens with zero attached hydrogens (tertiary/aromatic N) is 2. The topological polar surface area (TPSA) is 83.2 Å². The molecule has 7 nitrogen and oxygen atoms in total. The van der Waals surface area contributed by atoms with Crippen molar-refractivity contribution in [2.45, 2.75) is 32.7 Å². The summed E-state index contributed by atoms with van der Waals surface area (Å²) in [6, 6.07) is 7.96. The maximum Gasteiger partial charge on any atom is 0.295 e. The fraction of sp³-hybridized carbons (Fsp3) is 0.417. The molecule has 31 heavy (non-hydrogen) atoms. The summed E-state index contributed by atoms with van der Waals surface area (Å²) in [6.45, 7) is 7.41. The van der Waals surface area contributed by atoms with E-state index in [2.05, 4.69) is 0 Å². The number of rotatable bonds is 8. The number of amides is 1. The number of ketones is 1. The molecule has 0 spiro atoms. The van der Waals surface area contributed by atoms with Crippen LogP contribution in [0.5, 0.6) is 5.75 Å². The fourth-order valence-electron chi connectivity index (χ4n) is 3.75. The molecule has 2 aromatic rings. The van der Waals surface area contributed by atoms with E-state index >= 15 is 0 Å². The Hall–Kier alpha value is -3.06. The molecule has 1 atom stereocenters. The molecule has 1 N–H and O–H groups in total. The molecule has 0 aliphatic carbocycles. The Kier molecular flexibility index (Phi) is 6.85. The number of aliphatic hydroxyl groups excluding tert-OH is 1. The first-order valence-corrected chi connectivity index (χ1v) is 10.5. The zero-order valence-corrected chi connectivity index (χ0v) is 18.7. The number of hydrogen-bond donors (Lipinski definition) is 1. The predicted molar refractivity (Wildman–Crippen MR) is 118 cm³/mol. The first-order valence-electron chi connectivity index (χ1n) is 10.5. The number of hydrogen-bond acceptors (Lipinski definition) is 6. The van der Waals surface area contributed by atoms with E-state index in [1.807, 2.05) is 45.8 Å². The quantitative estimate of drug-likeness (QED) is 0.393. The van der Waals surface area contributed by atoms with Gasteiger partial charge in [0.2, 0.25) is 0 Å². The largest absolute Gasteiger partial charge is 0.507 e. The lowest BCUT2D eigenvalue weighted by Crippen LogP contribution is -2.35. The standard InChI is InChI=1S/C24H30N2O5/c1-6-30-18-10-9-16(14-17(18)15(2)3)22(27)20-21(19-8-7-13-31-19)26(12-11-25(4)5)24(29)23(20)28/h7-10,13-15,21,27H,6,11-12H2,1-5H3/b22-20-. The first kappa shape index (κ1) is 22.6. The van der Waals surface area contributed by atoms with Gasteiger partial charge in [-0.15, -0.1) is 0 Å². The van der Waals surface area contributed by atoms with Crippen LogP contribution in [0.3, 0.4) is 0 Å². The predicted octanol–water partition coefficient (Wildman–Crippen LogP) is 3.79. The molecule has 1 unspecified atom stereocenters. The lowest BCUT2D eigenvalue weighted by atomic mass is 9.95. The van der Waals surface area contributed by atoms with Crippen LogP contribution in [-0.2, 0) is 9.59 Å². The number of benzene rings is 1. The summed E-state index contributed by atoms with van der Waals surface area (Å²) in [5.74, 6) is -0.232. The molecule has 1 aromatic carbocycles. The summed E-state index contributed by atoms with van der Waals surface area (Å²) in [4.78, 5) is 29.2. The van der Waals surface area contributed by atoms with Crippen LogP contribution in [0, 0.1) is 0 Å². The van der Waals surface area contributed by atoms with Crippen molar-refractivity contribution in [1.82, 2.24) is 9.80 Å². The maximum atomic E-state index is 13.0. The highest BCUT2D eigenvalue weighted by Crippen LogP contribution is 2.40. The van der Waals surface area contributed by atoms with Crippen molar-refractivity contribution in [2.24, 2.45) is 0 Å². The van der Waals surface area contributed by atoms with Gasteiger partial charge in [-0.25, -0.2) is 0 Å². The maximum absolute atomic E-state index is 13.0. The van der Waals surface area contributed by atoms with Gasteiger partial charge in [0.1, 0.15) is 23.3 Å². The Bertz CT molecular complexity index is 976. The van der Waals surface area contributed by atoms with E-state index in [1.165, 1.54) is 11.2 Å². The van der Waals surface area contributed by atoms with Crippen LogP contribution in [0.25, 0.3) is 5.76 Å². The number of likely N-dealkylation sites (tertiary alicyclic amines) is 1. The van der Waals surface area contributed by atoms with Gasteiger partial charge in [-0.3, -0.25) is 9.59 Å². The van der Waals surface area contributed by atoms with Crippen molar-refractivity contribution in [1.29, 1.82) is 0 Å². The summed E-state index contributed by atoms with van der Waals surface area (Å²) in [5.41, 5.74) is 1.43. The molecule has 1 saturated heterocycles. The van der Waals surface area contributed by atoms with E-state index in [1.54, 1.807) is 24.3 Å². The average molecular weight is 427 g/mol. The zero-order chi connectivity index (χ0) is 22.7. The third-order valence-electron chi connectivity index (χ3n) is 5.35. The summed E-state index contributed by atoms with van der Waals surface area (Å²) in [6.07, 6.45) is 1.50. The molecule has 3 rings (SSSR count). The molecule has 1 aliphatic heterocycles. The summed E-state index contributed by atoms with van der Waals surface area (Å²) < 4.78 is 11.3. The Morgan fingerprint density at radius 3 is 2.58 bits per heavy atom. The fourth-order valence-corrected chi connectivity index (χ4v) is 3.75. The minimum absolute atomic E-state index is 0.0394. The smallest absolute Gasteiger partial charge is 0.295 e. The van der Waals surface area contributed by atoms with Crippen molar-refractivity contribution in [3.63, 3.8) is 0 Å². The molecule has 1 aromatic heterocycles. The number of ether oxygens (including phenoxy) is 1. The van der Waals surface area contributed by atoms with Crippen molar-refractivity contribution in [3.8, 4) is 5.75 Å². The molecule has 1 aliphatic rings. The number of Topliss-reactive ketones (excluding diaryl/α,β-unsaturated/α-hetero) is 1. The third kappa shape index (κ3) is 4.51. The minimum atomic E-state index is -0.774. The molecule has 0 radical (unpaired) electrons. The Morgan fingerprint density at radius 2 is 2.00 bits per heavy atom. The van der Waals surface area contributed by atoms with Crippen LogP contribution in [0.4, 0.5) is 0 Å². The highest BCUT2D eigenvalue weighted by molar-refractivity contribution is 6.46. The first-order chi connectivity index (χ1) is 14.8. The van der Waals surface area contributed by atoms with Gasteiger partial charge in [0, 0.05) is 18.7 Å². The van der Waals surface area contributed by atoms with E-state index in [0.29, 0.717) is 31.0 Å². The van der Waals surface area contributed by atoms with Gasteiger partial charge in [-0.05, 0) is 62.8 Å². The van der Waals surface area contributed by atoms with Crippen molar-refractivity contribution >= 4 is 17.4 Å². The van der Waals surface area contributed by atoms with Gasteiger partial charge in [0.05, 0.1) is 18.4 Å². The second kappa shape index (κ2) is 9.39. The monoisotopic (exact) mass is 426 g/mol. The van der Waals surface area contributed by atoms with Crippen LogP contribution >= 0.6 is 0 Å². The Balaban J connectivity index is 2.12. The van der Waals surface area contributed by atoms with Gasteiger partial charge >= 0.3 is 0 Å². The molecule has 7 heteroatoms. The van der Waals surface area contributed by atoms with E-state index in [4.69, 9.17) is 9.15 Å². The number of carbonyl (C=O) groups excluding carboxylic acids is 2. The van der Waals surface area contributed by atoms with Gasteiger partial charge in [0.15, 0.2) is 0 Å². The molecular weight excluding hydrogens is 396 g/mol.